The first-order chi connectivity index (χ1) is 11.3. The lowest BCUT2D eigenvalue weighted by molar-refractivity contribution is -0.118. The lowest BCUT2D eigenvalue weighted by Gasteiger charge is -2.35. The molecule has 1 atom stereocenters. The molecule has 2 aliphatic rings. The van der Waals surface area contributed by atoms with Crippen LogP contribution in [-0.4, -0.2) is 23.4 Å². The van der Waals surface area contributed by atoms with Gasteiger partial charge in [-0.25, -0.2) is 0 Å². The Labute approximate surface area is 137 Å². The fourth-order valence-electron chi connectivity index (χ4n) is 4.06. The normalized spacial score (nSPS) is 22.4. The topological polar surface area (TPSA) is 32.3 Å². The lowest BCUT2D eigenvalue weighted by atomic mass is 9.94. The number of nitrogens with one attached hydrogen (secondary N) is 1. The minimum atomic E-state index is 0.0998. The predicted octanol–water partition coefficient (Wildman–Crippen LogP) is 3.97. The minimum absolute atomic E-state index is 0.0998. The summed E-state index contributed by atoms with van der Waals surface area (Å²) in [6, 6.07) is 19.5. The molecule has 0 radical (unpaired) electrons. The summed E-state index contributed by atoms with van der Waals surface area (Å²) in [7, 11) is 0. The van der Waals surface area contributed by atoms with Crippen molar-refractivity contribution in [1.82, 2.24) is 4.90 Å². The molecular formula is C20H22N2O. The number of carbonyl (C=O) groups excluding carboxylic acids is 1. The smallest absolute Gasteiger partial charge is 0.238 e. The van der Waals surface area contributed by atoms with Gasteiger partial charge in [-0.15, -0.1) is 0 Å². The quantitative estimate of drug-likeness (QED) is 0.910. The molecule has 118 valence electrons. The van der Waals surface area contributed by atoms with Crippen molar-refractivity contribution in [3.05, 3.63) is 65.7 Å². The Morgan fingerprint density at radius 2 is 1.61 bits per heavy atom. The molecule has 1 aliphatic heterocycles. The monoisotopic (exact) mass is 306 g/mol. The molecular weight excluding hydrogens is 284 g/mol. The highest BCUT2D eigenvalue weighted by Crippen LogP contribution is 2.39. The van der Waals surface area contributed by atoms with Crippen LogP contribution in [0.15, 0.2) is 54.6 Å². The van der Waals surface area contributed by atoms with E-state index in [1.807, 2.05) is 12.1 Å². The van der Waals surface area contributed by atoms with Crippen LogP contribution < -0.4 is 5.32 Å². The van der Waals surface area contributed by atoms with Gasteiger partial charge in [0.25, 0.3) is 0 Å². The van der Waals surface area contributed by atoms with Gasteiger partial charge in [0, 0.05) is 11.7 Å². The van der Waals surface area contributed by atoms with E-state index in [0.29, 0.717) is 12.6 Å². The summed E-state index contributed by atoms with van der Waals surface area (Å²) in [5.74, 6) is 0.0998. The molecule has 1 aliphatic carbocycles. The average Bonchev–Trinajstić information content (AvgIpc) is 3.06. The zero-order valence-electron chi connectivity index (χ0n) is 13.2. The molecule has 1 saturated carbocycles. The van der Waals surface area contributed by atoms with Gasteiger partial charge in [0.2, 0.25) is 5.91 Å². The number of hydrogen-bond donors (Lipinski definition) is 1. The van der Waals surface area contributed by atoms with Crippen molar-refractivity contribution in [3.63, 3.8) is 0 Å². The van der Waals surface area contributed by atoms with Crippen LogP contribution in [0.3, 0.4) is 0 Å². The first kappa shape index (κ1) is 14.5. The lowest BCUT2D eigenvalue weighted by Crippen LogP contribution is -2.40. The van der Waals surface area contributed by atoms with Gasteiger partial charge in [0.05, 0.1) is 12.6 Å². The van der Waals surface area contributed by atoms with Crippen LogP contribution in [0.25, 0.3) is 0 Å². The van der Waals surface area contributed by atoms with Crippen molar-refractivity contribution < 1.29 is 4.79 Å². The Hall–Kier alpha value is -2.13. The van der Waals surface area contributed by atoms with Crippen molar-refractivity contribution >= 4 is 11.6 Å². The fourth-order valence-corrected chi connectivity index (χ4v) is 4.06. The maximum atomic E-state index is 12.4. The van der Waals surface area contributed by atoms with Crippen LogP contribution >= 0.6 is 0 Å². The first-order valence-electron chi connectivity index (χ1n) is 8.52. The van der Waals surface area contributed by atoms with Crippen LogP contribution in [0.2, 0.25) is 0 Å². The van der Waals surface area contributed by atoms with Crippen LogP contribution in [0, 0.1) is 0 Å². The SMILES string of the molecule is O=C1CN(C2CCCC2)C(c2ccccc2)c2ccccc2N1. The zero-order valence-corrected chi connectivity index (χ0v) is 13.2. The van der Waals surface area contributed by atoms with Gasteiger partial charge in [0.15, 0.2) is 0 Å². The van der Waals surface area contributed by atoms with Crippen LogP contribution in [0.1, 0.15) is 42.9 Å². The highest BCUT2D eigenvalue weighted by molar-refractivity contribution is 5.94. The molecule has 3 heteroatoms. The molecule has 2 aromatic rings. The van der Waals surface area contributed by atoms with E-state index in [1.54, 1.807) is 0 Å². The maximum absolute atomic E-state index is 12.4. The molecule has 4 rings (SSSR count). The molecule has 1 unspecified atom stereocenters. The second-order valence-corrected chi connectivity index (χ2v) is 6.56. The highest BCUT2D eigenvalue weighted by atomic mass is 16.2. The van der Waals surface area contributed by atoms with E-state index in [2.05, 4.69) is 52.7 Å². The molecule has 1 N–H and O–H groups in total. The molecule has 0 aromatic heterocycles. The van der Waals surface area contributed by atoms with Crippen molar-refractivity contribution in [3.8, 4) is 0 Å². The van der Waals surface area contributed by atoms with Gasteiger partial charge in [0.1, 0.15) is 0 Å². The summed E-state index contributed by atoms with van der Waals surface area (Å²) in [5, 5.41) is 3.09. The van der Waals surface area contributed by atoms with Crippen LogP contribution in [-0.2, 0) is 4.79 Å². The number of amides is 1. The molecule has 3 nitrogen and oxygen atoms in total. The molecule has 1 fully saturated rings. The standard InChI is InChI=1S/C20H22N2O/c23-19-14-22(16-10-4-5-11-16)20(15-8-2-1-3-9-15)17-12-6-7-13-18(17)21-19/h1-3,6-9,12-13,16,20H,4-5,10-11,14H2,(H,21,23). The summed E-state index contributed by atoms with van der Waals surface area (Å²) in [6.45, 7) is 0.471. The van der Waals surface area contributed by atoms with Gasteiger partial charge in [-0.1, -0.05) is 61.4 Å². The molecule has 1 heterocycles. The largest absolute Gasteiger partial charge is 0.325 e. The summed E-state index contributed by atoms with van der Waals surface area (Å²) in [4.78, 5) is 14.9. The van der Waals surface area contributed by atoms with Crippen molar-refractivity contribution in [1.29, 1.82) is 0 Å². The second kappa shape index (κ2) is 6.17. The van der Waals surface area contributed by atoms with E-state index in [0.717, 1.165) is 5.69 Å². The van der Waals surface area contributed by atoms with E-state index in [9.17, 15) is 4.79 Å². The summed E-state index contributed by atoms with van der Waals surface area (Å²) >= 11 is 0. The molecule has 23 heavy (non-hydrogen) atoms. The Morgan fingerprint density at radius 1 is 0.913 bits per heavy atom. The number of nitrogens with zero attached hydrogens (tertiary/aromatic N) is 1. The molecule has 0 bridgehead atoms. The Morgan fingerprint density at radius 3 is 2.39 bits per heavy atom. The number of anilines is 1. The van der Waals surface area contributed by atoms with E-state index in [1.165, 1.54) is 36.8 Å². The maximum Gasteiger partial charge on any atom is 0.238 e. The number of hydrogen-bond acceptors (Lipinski definition) is 2. The summed E-state index contributed by atoms with van der Waals surface area (Å²) in [6.07, 6.45) is 4.93. The first-order valence-corrected chi connectivity index (χ1v) is 8.52. The van der Waals surface area contributed by atoms with Crippen molar-refractivity contribution in [2.24, 2.45) is 0 Å². The zero-order chi connectivity index (χ0) is 15.6. The minimum Gasteiger partial charge on any atom is -0.325 e. The third-order valence-corrected chi connectivity index (χ3v) is 5.10. The van der Waals surface area contributed by atoms with Gasteiger partial charge < -0.3 is 5.32 Å². The second-order valence-electron chi connectivity index (χ2n) is 6.56. The van der Waals surface area contributed by atoms with E-state index in [-0.39, 0.29) is 11.9 Å². The van der Waals surface area contributed by atoms with Crippen LogP contribution in [0.4, 0.5) is 5.69 Å². The number of para-hydroxylation sites is 1. The Bertz CT molecular complexity index is 692. The van der Waals surface area contributed by atoms with Crippen LogP contribution in [0.5, 0.6) is 0 Å². The molecule has 0 spiro atoms. The van der Waals surface area contributed by atoms with E-state index in [4.69, 9.17) is 0 Å². The number of benzene rings is 2. The summed E-state index contributed by atoms with van der Waals surface area (Å²) in [5.41, 5.74) is 3.42. The van der Waals surface area contributed by atoms with Gasteiger partial charge in [-0.3, -0.25) is 9.69 Å². The number of rotatable bonds is 2. The Balaban J connectivity index is 1.84. The van der Waals surface area contributed by atoms with Crippen molar-refractivity contribution in [2.45, 2.75) is 37.8 Å². The number of carbonyl (C=O) groups is 1. The molecule has 0 saturated heterocycles. The van der Waals surface area contributed by atoms with E-state index < -0.39 is 0 Å². The molecule has 1 amide bonds. The number of fused-ring (bicyclic) bond motifs is 1. The highest BCUT2D eigenvalue weighted by Gasteiger charge is 2.35. The average molecular weight is 306 g/mol. The predicted molar refractivity (Wildman–Crippen MR) is 92.3 cm³/mol. The van der Waals surface area contributed by atoms with Gasteiger partial charge in [-0.05, 0) is 30.0 Å². The summed E-state index contributed by atoms with van der Waals surface area (Å²) < 4.78 is 0. The molecule has 2 aromatic carbocycles. The Kier molecular flexibility index (Phi) is 3.88. The third-order valence-electron chi connectivity index (χ3n) is 5.10. The van der Waals surface area contributed by atoms with Gasteiger partial charge >= 0.3 is 0 Å². The fraction of sp³-hybridized carbons (Fsp3) is 0.350. The van der Waals surface area contributed by atoms with Crippen molar-refractivity contribution in [2.75, 3.05) is 11.9 Å². The van der Waals surface area contributed by atoms with Gasteiger partial charge in [-0.2, -0.15) is 0 Å². The third kappa shape index (κ3) is 2.77. The van der Waals surface area contributed by atoms with E-state index >= 15 is 0 Å².